The van der Waals surface area contributed by atoms with Gasteiger partial charge in [-0.2, -0.15) is 0 Å². The molecule has 2 aromatic rings. The molecule has 1 aromatic carbocycles. The summed E-state index contributed by atoms with van der Waals surface area (Å²) < 4.78 is 19.8. The summed E-state index contributed by atoms with van der Waals surface area (Å²) in [6, 6.07) is 6.43. The van der Waals surface area contributed by atoms with Gasteiger partial charge in [0.05, 0.1) is 9.50 Å². The zero-order valence-corrected chi connectivity index (χ0v) is 13.8. The number of nitrogens with zero attached hydrogens (tertiary/aromatic N) is 1. The molecule has 1 atom stereocenters. The minimum Gasteiger partial charge on any atom is -0.437 e. The van der Waals surface area contributed by atoms with Crippen molar-refractivity contribution in [3.05, 3.63) is 51.3 Å². The molecular weight excluding hydrogens is 359 g/mol. The third-order valence-corrected chi connectivity index (χ3v) is 3.95. The van der Waals surface area contributed by atoms with Crippen molar-refractivity contribution in [3.8, 4) is 11.6 Å². The first kappa shape index (κ1) is 16.2. The van der Waals surface area contributed by atoms with Gasteiger partial charge >= 0.3 is 0 Å². The number of nitrogens with two attached hydrogens (primary N) is 1. The maximum absolute atomic E-state index is 13.6. The molecule has 2 rings (SSSR count). The van der Waals surface area contributed by atoms with E-state index in [0.717, 1.165) is 12.0 Å². The van der Waals surface area contributed by atoms with Crippen molar-refractivity contribution in [2.45, 2.75) is 25.8 Å². The van der Waals surface area contributed by atoms with Crippen molar-refractivity contribution in [2.24, 2.45) is 5.73 Å². The fourth-order valence-electron chi connectivity index (χ4n) is 1.78. The number of benzene rings is 1. The second-order valence-electron chi connectivity index (χ2n) is 4.64. The predicted molar refractivity (Wildman–Crippen MR) is 85.4 cm³/mol. The lowest BCUT2D eigenvalue weighted by Gasteiger charge is -2.14. The van der Waals surface area contributed by atoms with Gasteiger partial charge in [-0.05, 0) is 40.9 Å². The van der Waals surface area contributed by atoms with Gasteiger partial charge in [-0.15, -0.1) is 0 Å². The highest BCUT2D eigenvalue weighted by molar-refractivity contribution is 9.10. The Balaban J connectivity index is 2.29. The van der Waals surface area contributed by atoms with E-state index in [1.807, 2.05) is 19.1 Å². The lowest BCUT2D eigenvalue weighted by Crippen LogP contribution is -2.21. The van der Waals surface area contributed by atoms with Crippen LogP contribution in [0.1, 0.15) is 18.9 Å². The van der Waals surface area contributed by atoms with Gasteiger partial charge in [0.15, 0.2) is 0 Å². The van der Waals surface area contributed by atoms with Crippen LogP contribution in [0.5, 0.6) is 11.6 Å². The van der Waals surface area contributed by atoms with Crippen LogP contribution in [0.4, 0.5) is 4.39 Å². The normalized spacial score (nSPS) is 12.2. The molecule has 0 spiro atoms. The molecule has 3 nitrogen and oxygen atoms in total. The lowest BCUT2D eigenvalue weighted by atomic mass is 10.1. The second-order valence-corrected chi connectivity index (χ2v) is 5.90. The molecule has 1 heterocycles. The van der Waals surface area contributed by atoms with Crippen LogP contribution in [-0.4, -0.2) is 11.0 Å². The maximum Gasteiger partial charge on any atom is 0.222 e. The lowest BCUT2D eigenvalue weighted by molar-refractivity contribution is 0.445. The van der Waals surface area contributed by atoms with E-state index in [1.165, 1.54) is 12.1 Å². The average Bonchev–Trinajstić information content (AvgIpc) is 2.46. The number of hydrogen-bond acceptors (Lipinski definition) is 3. The molecule has 0 saturated carbocycles. The summed E-state index contributed by atoms with van der Waals surface area (Å²) in [6.07, 6.45) is 3.12. The summed E-state index contributed by atoms with van der Waals surface area (Å²) >= 11 is 9.01. The van der Waals surface area contributed by atoms with Gasteiger partial charge in [0, 0.05) is 23.9 Å². The SMILES string of the molecule is CCC(N)Cc1cccnc1Oc1cc(F)c(Cl)cc1Br. The Morgan fingerprint density at radius 1 is 1.48 bits per heavy atom. The van der Waals surface area contributed by atoms with E-state index in [-0.39, 0.29) is 11.1 Å². The average molecular weight is 374 g/mol. The Hall–Kier alpha value is -1.17. The van der Waals surface area contributed by atoms with Crippen molar-refractivity contribution >= 4 is 27.5 Å². The van der Waals surface area contributed by atoms with Gasteiger partial charge in [0.2, 0.25) is 5.88 Å². The largest absolute Gasteiger partial charge is 0.437 e. The molecule has 0 aliphatic heterocycles. The molecule has 1 unspecified atom stereocenters. The van der Waals surface area contributed by atoms with E-state index >= 15 is 0 Å². The molecular formula is C15H15BrClFN2O. The molecule has 6 heteroatoms. The number of ether oxygens (including phenoxy) is 1. The van der Waals surface area contributed by atoms with Crippen molar-refractivity contribution < 1.29 is 9.13 Å². The molecule has 21 heavy (non-hydrogen) atoms. The summed E-state index contributed by atoms with van der Waals surface area (Å²) in [6.45, 7) is 2.02. The van der Waals surface area contributed by atoms with Crippen molar-refractivity contribution in [2.75, 3.05) is 0 Å². The Kier molecular flexibility index (Phi) is 5.56. The standard InChI is InChI=1S/C15H15BrClFN2O/c1-2-10(19)6-9-4-3-5-20-15(9)21-14-8-13(18)12(17)7-11(14)16/h3-5,7-8,10H,2,6,19H2,1H3. The quantitative estimate of drug-likeness (QED) is 0.772. The van der Waals surface area contributed by atoms with Crippen LogP contribution in [0.15, 0.2) is 34.9 Å². The Bertz CT molecular complexity index is 639. The van der Waals surface area contributed by atoms with Gasteiger partial charge in [-0.3, -0.25) is 0 Å². The molecule has 0 radical (unpaired) electrons. The van der Waals surface area contributed by atoms with Gasteiger partial charge in [0.1, 0.15) is 11.6 Å². The van der Waals surface area contributed by atoms with Crippen molar-refractivity contribution in [3.63, 3.8) is 0 Å². The fourth-order valence-corrected chi connectivity index (χ4v) is 2.50. The smallest absolute Gasteiger partial charge is 0.222 e. The summed E-state index contributed by atoms with van der Waals surface area (Å²) in [5.74, 6) is 0.198. The summed E-state index contributed by atoms with van der Waals surface area (Å²) in [5.41, 5.74) is 6.85. The number of aromatic nitrogens is 1. The zero-order valence-electron chi connectivity index (χ0n) is 11.4. The van der Waals surface area contributed by atoms with E-state index in [2.05, 4.69) is 20.9 Å². The number of rotatable bonds is 5. The first-order valence-corrected chi connectivity index (χ1v) is 7.70. The first-order valence-electron chi connectivity index (χ1n) is 6.53. The minimum absolute atomic E-state index is 0.0296. The predicted octanol–water partition coefficient (Wildman–Crippen LogP) is 4.71. The highest BCUT2D eigenvalue weighted by Gasteiger charge is 2.13. The van der Waals surface area contributed by atoms with Gasteiger partial charge in [-0.1, -0.05) is 24.6 Å². The van der Waals surface area contributed by atoms with E-state index < -0.39 is 5.82 Å². The highest BCUT2D eigenvalue weighted by Crippen LogP contribution is 2.34. The van der Waals surface area contributed by atoms with Gasteiger partial charge in [-0.25, -0.2) is 9.37 Å². The van der Waals surface area contributed by atoms with Crippen LogP contribution in [0.2, 0.25) is 5.02 Å². The van der Waals surface area contributed by atoms with Crippen LogP contribution < -0.4 is 10.5 Å². The minimum atomic E-state index is -0.544. The van der Waals surface area contributed by atoms with Crippen LogP contribution in [0.3, 0.4) is 0 Å². The highest BCUT2D eigenvalue weighted by atomic mass is 79.9. The first-order chi connectivity index (χ1) is 10.0. The maximum atomic E-state index is 13.6. The van der Waals surface area contributed by atoms with Crippen LogP contribution in [0, 0.1) is 5.82 Å². The second kappa shape index (κ2) is 7.20. The van der Waals surface area contributed by atoms with E-state index in [9.17, 15) is 4.39 Å². The van der Waals surface area contributed by atoms with Gasteiger partial charge < -0.3 is 10.5 Å². The summed E-state index contributed by atoms with van der Waals surface area (Å²) in [4.78, 5) is 4.20. The summed E-state index contributed by atoms with van der Waals surface area (Å²) in [7, 11) is 0. The molecule has 0 aliphatic carbocycles. The fraction of sp³-hybridized carbons (Fsp3) is 0.267. The molecule has 1 aromatic heterocycles. The molecule has 112 valence electrons. The zero-order chi connectivity index (χ0) is 15.4. The van der Waals surface area contributed by atoms with Crippen LogP contribution in [-0.2, 0) is 6.42 Å². The van der Waals surface area contributed by atoms with E-state index in [0.29, 0.717) is 22.5 Å². The topological polar surface area (TPSA) is 48.1 Å². The Labute approximate surface area is 136 Å². The summed E-state index contributed by atoms with van der Waals surface area (Å²) in [5, 5.41) is 0.0310. The molecule has 0 amide bonds. The van der Waals surface area contributed by atoms with E-state index in [1.54, 1.807) is 6.20 Å². The van der Waals surface area contributed by atoms with E-state index in [4.69, 9.17) is 22.1 Å². The third kappa shape index (κ3) is 4.15. The third-order valence-electron chi connectivity index (χ3n) is 3.04. The molecule has 0 aliphatic rings. The van der Waals surface area contributed by atoms with Gasteiger partial charge in [0.25, 0.3) is 0 Å². The van der Waals surface area contributed by atoms with Crippen molar-refractivity contribution in [1.82, 2.24) is 4.98 Å². The molecule has 0 bridgehead atoms. The van der Waals surface area contributed by atoms with Crippen LogP contribution >= 0.6 is 27.5 Å². The number of pyridine rings is 1. The monoisotopic (exact) mass is 372 g/mol. The molecule has 0 saturated heterocycles. The Morgan fingerprint density at radius 3 is 2.95 bits per heavy atom. The Morgan fingerprint density at radius 2 is 2.24 bits per heavy atom. The molecule has 0 fully saturated rings. The molecule has 2 N–H and O–H groups in total. The number of halogens is 3. The van der Waals surface area contributed by atoms with Crippen LogP contribution in [0.25, 0.3) is 0 Å². The van der Waals surface area contributed by atoms with Crippen molar-refractivity contribution in [1.29, 1.82) is 0 Å². The number of hydrogen-bond donors (Lipinski definition) is 1.